The van der Waals surface area contributed by atoms with E-state index in [1.807, 2.05) is 6.92 Å². The second kappa shape index (κ2) is 8.29. The van der Waals surface area contributed by atoms with E-state index in [0.717, 1.165) is 43.7 Å². The Morgan fingerprint density at radius 3 is 2.79 bits per heavy atom. The Hall–Kier alpha value is -1.85. The number of carbonyl (C=O) groups is 1. The average Bonchev–Trinajstić information content (AvgIpc) is 2.38. The minimum Gasteiger partial charge on any atom is -0.370 e. The molecular formula is C13H23N5O. The summed E-state index contributed by atoms with van der Waals surface area (Å²) in [5, 5.41) is 6.42. The van der Waals surface area contributed by atoms with Gasteiger partial charge in [0.25, 0.3) is 0 Å². The molecule has 1 aromatic heterocycles. The van der Waals surface area contributed by atoms with Gasteiger partial charge in [-0.2, -0.15) is 4.98 Å². The Balaban J connectivity index is 2.41. The SMILES string of the molecule is CCCNc1ncc(C)c(NCCCCC(N)=O)n1. The molecule has 0 saturated heterocycles. The predicted molar refractivity (Wildman–Crippen MR) is 77.1 cm³/mol. The molecule has 0 spiro atoms. The average molecular weight is 265 g/mol. The van der Waals surface area contributed by atoms with E-state index in [1.54, 1.807) is 6.20 Å². The van der Waals surface area contributed by atoms with Crippen molar-refractivity contribution in [3.63, 3.8) is 0 Å². The van der Waals surface area contributed by atoms with Crippen LogP contribution in [0.2, 0.25) is 0 Å². The summed E-state index contributed by atoms with van der Waals surface area (Å²) in [6.45, 7) is 5.70. The molecule has 0 radical (unpaired) electrons. The maximum Gasteiger partial charge on any atom is 0.224 e. The van der Waals surface area contributed by atoms with Crippen molar-refractivity contribution < 1.29 is 4.79 Å². The fourth-order valence-corrected chi connectivity index (χ4v) is 1.57. The van der Waals surface area contributed by atoms with E-state index >= 15 is 0 Å². The van der Waals surface area contributed by atoms with Crippen LogP contribution < -0.4 is 16.4 Å². The zero-order valence-corrected chi connectivity index (χ0v) is 11.7. The molecule has 1 heterocycles. The molecule has 0 aliphatic carbocycles. The molecule has 0 aliphatic rings. The van der Waals surface area contributed by atoms with E-state index in [1.165, 1.54) is 0 Å². The molecule has 0 saturated carbocycles. The topological polar surface area (TPSA) is 92.9 Å². The molecule has 1 rings (SSSR count). The molecule has 0 aromatic carbocycles. The number of rotatable bonds is 9. The number of primary amides is 1. The van der Waals surface area contributed by atoms with E-state index in [4.69, 9.17) is 5.73 Å². The molecule has 6 heteroatoms. The second-order valence-corrected chi connectivity index (χ2v) is 4.50. The fourth-order valence-electron chi connectivity index (χ4n) is 1.57. The van der Waals surface area contributed by atoms with Crippen LogP contribution in [0.15, 0.2) is 6.20 Å². The van der Waals surface area contributed by atoms with Crippen LogP contribution in [0.5, 0.6) is 0 Å². The molecule has 106 valence electrons. The first-order chi connectivity index (χ1) is 9.13. The fraction of sp³-hybridized carbons (Fsp3) is 0.615. The molecule has 1 aromatic rings. The van der Waals surface area contributed by atoms with Gasteiger partial charge in [0.15, 0.2) is 0 Å². The van der Waals surface area contributed by atoms with Crippen molar-refractivity contribution in [2.75, 3.05) is 23.7 Å². The molecule has 0 unspecified atom stereocenters. The zero-order valence-electron chi connectivity index (χ0n) is 11.7. The van der Waals surface area contributed by atoms with E-state index in [0.29, 0.717) is 12.4 Å². The number of aryl methyl sites for hydroxylation is 1. The van der Waals surface area contributed by atoms with Crippen molar-refractivity contribution in [1.29, 1.82) is 0 Å². The summed E-state index contributed by atoms with van der Waals surface area (Å²) in [5.74, 6) is 1.24. The summed E-state index contributed by atoms with van der Waals surface area (Å²) in [7, 11) is 0. The zero-order chi connectivity index (χ0) is 14.1. The molecular weight excluding hydrogens is 242 g/mol. The Bertz CT molecular complexity index is 408. The molecule has 4 N–H and O–H groups in total. The minimum absolute atomic E-state index is 0.246. The van der Waals surface area contributed by atoms with Crippen LogP contribution >= 0.6 is 0 Å². The van der Waals surface area contributed by atoms with Crippen LogP contribution in [0.3, 0.4) is 0 Å². The third-order valence-corrected chi connectivity index (χ3v) is 2.65. The van der Waals surface area contributed by atoms with Crippen molar-refractivity contribution in [3.8, 4) is 0 Å². The Morgan fingerprint density at radius 2 is 2.11 bits per heavy atom. The third-order valence-electron chi connectivity index (χ3n) is 2.65. The van der Waals surface area contributed by atoms with Gasteiger partial charge in [0, 0.05) is 31.3 Å². The van der Waals surface area contributed by atoms with Gasteiger partial charge in [-0.15, -0.1) is 0 Å². The Morgan fingerprint density at radius 1 is 1.32 bits per heavy atom. The molecule has 0 aliphatic heterocycles. The van der Waals surface area contributed by atoms with Crippen LogP contribution in [0.1, 0.15) is 38.2 Å². The molecule has 0 fully saturated rings. The number of aromatic nitrogens is 2. The van der Waals surface area contributed by atoms with Gasteiger partial charge in [-0.25, -0.2) is 4.98 Å². The van der Waals surface area contributed by atoms with E-state index in [2.05, 4.69) is 27.5 Å². The normalized spacial score (nSPS) is 10.2. The van der Waals surface area contributed by atoms with E-state index < -0.39 is 0 Å². The number of hydrogen-bond donors (Lipinski definition) is 3. The van der Waals surface area contributed by atoms with Gasteiger partial charge in [0.2, 0.25) is 11.9 Å². The summed E-state index contributed by atoms with van der Waals surface area (Å²) in [5.41, 5.74) is 6.10. The summed E-state index contributed by atoms with van der Waals surface area (Å²) in [4.78, 5) is 19.2. The van der Waals surface area contributed by atoms with Gasteiger partial charge in [0.05, 0.1) is 0 Å². The molecule has 19 heavy (non-hydrogen) atoms. The highest BCUT2D eigenvalue weighted by atomic mass is 16.1. The number of hydrogen-bond acceptors (Lipinski definition) is 5. The standard InChI is InChI=1S/C13H23N5O/c1-3-7-16-13-17-9-10(2)12(18-13)15-8-5-4-6-11(14)19/h9H,3-8H2,1-2H3,(H2,14,19)(H2,15,16,17,18). The van der Waals surface area contributed by atoms with Gasteiger partial charge in [-0.3, -0.25) is 4.79 Å². The molecule has 6 nitrogen and oxygen atoms in total. The van der Waals surface area contributed by atoms with Crippen molar-refractivity contribution in [2.24, 2.45) is 5.73 Å². The number of nitrogens with one attached hydrogen (secondary N) is 2. The first-order valence-corrected chi connectivity index (χ1v) is 6.73. The highest BCUT2D eigenvalue weighted by molar-refractivity contribution is 5.73. The highest BCUT2D eigenvalue weighted by Crippen LogP contribution is 2.12. The van der Waals surface area contributed by atoms with Crippen molar-refractivity contribution >= 4 is 17.7 Å². The lowest BCUT2D eigenvalue weighted by atomic mass is 10.2. The van der Waals surface area contributed by atoms with Gasteiger partial charge in [-0.05, 0) is 26.2 Å². The predicted octanol–water partition coefficient (Wildman–Crippen LogP) is 1.67. The monoisotopic (exact) mass is 265 g/mol. The second-order valence-electron chi connectivity index (χ2n) is 4.50. The summed E-state index contributed by atoms with van der Waals surface area (Å²) in [6, 6.07) is 0. The van der Waals surface area contributed by atoms with Crippen molar-refractivity contribution in [2.45, 2.75) is 39.5 Å². The smallest absolute Gasteiger partial charge is 0.224 e. The number of nitrogens with two attached hydrogens (primary N) is 1. The third kappa shape index (κ3) is 6.03. The van der Waals surface area contributed by atoms with Crippen molar-refractivity contribution in [3.05, 3.63) is 11.8 Å². The first-order valence-electron chi connectivity index (χ1n) is 6.73. The minimum atomic E-state index is -0.246. The Labute approximate surface area is 114 Å². The number of unbranched alkanes of at least 4 members (excludes halogenated alkanes) is 1. The lowest BCUT2D eigenvalue weighted by Gasteiger charge is -2.10. The maximum atomic E-state index is 10.6. The Kier molecular flexibility index (Phi) is 6.63. The van der Waals surface area contributed by atoms with E-state index in [9.17, 15) is 4.79 Å². The van der Waals surface area contributed by atoms with Crippen LogP contribution in [-0.2, 0) is 4.79 Å². The molecule has 1 amide bonds. The lowest BCUT2D eigenvalue weighted by Crippen LogP contribution is -2.12. The largest absolute Gasteiger partial charge is 0.370 e. The van der Waals surface area contributed by atoms with Crippen molar-refractivity contribution in [1.82, 2.24) is 9.97 Å². The number of anilines is 2. The van der Waals surface area contributed by atoms with E-state index in [-0.39, 0.29) is 5.91 Å². The lowest BCUT2D eigenvalue weighted by molar-refractivity contribution is -0.118. The van der Waals surface area contributed by atoms with Gasteiger partial charge in [-0.1, -0.05) is 6.92 Å². The summed E-state index contributed by atoms with van der Waals surface area (Å²) < 4.78 is 0. The maximum absolute atomic E-state index is 10.6. The van der Waals surface area contributed by atoms with Gasteiger partial charge >= 0.3 is 0 Å². The molecule has 0 atom stereocenters. The number of carbonyl (C=O) groups excluding carboxylic acids is 1. The number of nitrogens with zero attached hydrogens (tertiary/aromatic N) is 2. The first kappa shape index (κ1) is 15.2. The van der Waals surface area contributed by atoms with Gasteiger partial charge < -0.3 is 16.4 Å². The highest BCUT2D eigenvalue weighted by Gasteiger charge is 2.03. The van der Waals surface area contributed by atoms with Gasteiger partial charge in [0.1, 0.15) is 5.82 Å². The van der Waals surface area contributed by atoms with Crippen LogP contribution in [0.25, 0.3) is 0 Å². The number of amides is 1. The quantitative estimate of drug-likeness (QED) is 0.591. The summed E-state index contributed by atoms with van der Waals surface area (Å²) in [6.07, 6.45) is 4.97. The van der Waals surface area contributed by atoms with Crippen LogP contribution in [-0.4, -0.2) is 29.0 Å². The molecule has 0 bridgehead atoms. The summed E-state index contributed by atoms with van der Waals surface area (Å²) >= 11 is 0. The van der Waals surface area contributed by atoms with Crippen LogP contribution in [0, 0.1) is 6.92 Å². The van der Waals surface area contributed by atoms with Crippen LogP contribution in [0.4, 0.5) is 11.8 Å².